The van der Waals surface area contributed by atoms with Crippen molar-refractivity contribution in [2.45, 2.75) is 30.9 Å². The van der Waals surface area contributed by atoms with Gasteiger partial charge in [0.25, 0.3) is 0 Å². The van der Waals surface area contributed by atoms with Gasteiger partial charge in [-0.2, -0.15) is 0 Å². The number of carbonyl (C=O) groups excluding carboxylic acids is 2. The van der Waals surface area contributed by atoms with Gasteiger partial charge in [0, 0.05) is 25.4 Å². The van der Waals surface area contributed by atoms with Crippen LogP contribution in [0.4, 0.5) is 19.7 Å². The number of likely N-dealkylation sites (tertiary alicyclic amines) is 1. The molecule has 0 unspecified atom stereocenters. The monoisotopic (exact) mass is 463 g/mol. The van der Waals surface area contributed by atoms with E-state index in [0.29, 0.717) is 12.0 Å². The van der Waals surface area contributed by atoms with Gasteiger partial charge < -0.3 is 20.1 Å². The van der Waals surface area contributed by atoms with Gasteiger partial charge in [0.05, 0.1) is 22.8 Å². The second kappa shape index (κ2) is 8.58. The minimum absolute atomic E-state index is 0.0214. The Morgan fingerprint density at radius 3 is 2.84 bits per heavy atom. The van der Waals surface area contributed by atoms with E-state index in [1.54, 1.807) is 0 Å². The quantitative estimate of drug-likeness (QED) is 0.634. The predicted octanol–water partition coefficient (Wildman–Crippen LogP) is 2.53. The summed E-state index contributed by atoms with van der Waals surface area (Å²) in [4.78, 5) is 45.9. The van der Waals surface area contributed by atoms with Gasteiger partial charge >= 0.3 is 12.2 Å². The smallest absolute Gasteiger partial charge is 0.412 e. The highest BCUT2D eigenvalue weighted by molar-refractivity contribution is 6.31. The number of benzene rings is 1. The number of fused-ring (bicyclic) bond motifs is 2. The number of nitrogens with one attached hydrogen (secondary N) is 2. The molecule has 0 aliphatic carbocycles. The van der Waals surface area contributed by atoms with Gasteiger partial charge in [0.1, 0.15) is 12.4 Å². The molecule has 3 N–H and O–H groups in total. The first kappa shape index (κ1) is 21.8. The number of carbonyl (C=O) groups is 3. The van der Waals surface area contributed by atoms with E-state index < -0.39 is 35.6 Å². The van der Waals surface area contributed by atoms with Crippen molar-refractivity contribution in [2.75, 3.05) is 18.4 Å². The Kier molecular flexibility index (Phi) is 5.83. The van der Waals surface area contributed by atoms with Crippen LogP contribution in [0.3, 0.4) is 0 Å². The zero-order chi connectivity index (χ0) is 22.9. The fourth-order valence-electron chi connectivity index (χ4n) is 4.20. The van der Waals surface area contributed by atoms with Crippen LogP contribution in [0.5, 0.6) is 0 Å². The number of ether oxygens (including phenoxy) is 1. The molecule has 2 aliphatic rings. The van der Waals surface area contributed by atoms with E-state index in [1.807, 2.05) is 0 Å². The maximum absolute atomic E-state index is 15.0. The molecule has 0 saturated carbocycles. The van der Waals surface area contributed by atoms with E-state index in [-0.39, 0.29) is 42.2 Å². The molecule has 4 rings (SSSR count). The number of aromatic nitrogens is 2. The fraction of sp³-hybridized carbons (Fsp3) is 0.350. The first-order valence-corrected chi connectivity index (χ1v) is 10.2. The molecule has 32 heavy (non-hydrogen) atoms. The first-order chi connectivity index (χ1) is 15.3. The third kappa shape index (κ3) is 4.15. The summed E-state index contributed by atoms with van der Waals surface area (Å²) < 4.78 is 20.6. The van der Waals surface area contributed by atoms with Crippen LogP contribution >= 0.6 is 11.6 Å². The molecule has 3 amide bonds. The minimum Gasteiger partial charge on any atom is -0.465 e. The van der Waals surface area contributed by atoms with Crippen molar-refractivity contribution < 1.29 is 28.6 Å². The van der Waals surface area contributed by atoms with Crippen LogP contribution in [0.1, 0.15) is 24.0 Å². The van der Waals surface area contributed by atoms with E-state index in [1.165, 1.54) is 35.8 Å². The molecule has 12 heteroatoms. The number of rotatable bonds is 4. The third-order valence-corrected chi connectivity index (χ3v) is 5.78. The van der Waals surface area contributed by atoms with Crippen LogP contribution in [0, 0.1) is 5.82 Å². The fourth-order valence-corrected chi connectivity index (χ4v) is 4.36. The molecular weight excluding hydrogens is 445 g/mol. The molecule has 2 atom stereocenters. The molecule has 2 aliphatic heterocycles. The zero-order valence-electron chi connectivity index (χ0n) is 16.7. The number of hydrogen-bond acceptors (Lipinski definition) is 6. The van der Waals surface area contributed by atoms with Crippen molar-refractivity contribution in [3.05, 3.63) is 52.8 Å². The molecule has 10 nitrogen and oxygen atoms in total. The summed E-state index contributed by atoms with van der Waals surface area (Å²) in [6.45, 7) is 0.138. The van der Waals surface area contributed by atoms with Gasteiger partial charge in [-0.25, -0.2) is 23.9 Å². The Balaban J connectivity index is 1.64. The summed E-state index contributed by atoms with van der Waals surface area (Å²) in [7, 11) is 0. The molecule has 1 fully saturated rings. The van der Waals surface area contributed by atoms with Crippen LogP contribution in [0.25, 0.3) is 0 Å². The summed E-state index contributed by atoms with van der Waals surface area (Å²) in [5.41, 5.74) is -0.590. The van der Waals surface area contributed by atoms with Gasteiger partial charge in [-0.3, -0.25) is 10.1 Å². The van der Waals surface area contributed by atoms with Gasteiger partial charge in [0.2, 0.25) is 5.91 Å². The van der Waals surface area contributed by atoms with E-state index in [9.17, 15) is 19.5 Å². The van der Waals surface area contributed by atoms with Crippen LogP contribution in [0.2, 0.25) is 5.02 Å². The molecule has 1 spiro atoms. The molecule has 0 radical (unpaired) electrons. The van der Waals surface area contributed by atoms with Crippen molar-refractivity contribution in [1.82, 2.24) is 20.2 Å². The average Bonchev–Trinajstić information content (AvgIpc) is 2.75. The molecule has 2 aromatic rings. The lowest BCUT2D eigenvalue weighted by Crippen LogP contribution is -2.57. The van der Waals surface area contributed by atoms with Crippen molar-refractivity contribution in [2.24, 2.45) is 0 Å². The standard InChI is InChI=1S/C20H19ClFN5O5/c21-12-2-3-13-15(16(12)22)20(32-19(31)26-13)4-1-5-27(9-20)17(28)14(25-18(29)30)6-11-7-23-10-24-8-11/h2-3,7-8,10,14,25H,1,4-6,9H2,(H,26,31)(H,29,30)/t14-,20-/m0/s1. The number of hydrogen-bond donors (Lipinski definition) is 3. The number of amides is 3. The molecule has 1 saturated heterocycles. The highest BCUT2D eigenvalue weighted by Crippen LogP contribution is 2.45. The Morgan fingerprint density at radius 1 is 1.38 bits per heavy atom. The van der Waals surface area contributed by atoms with Gasteiger partial charge in [-0.15, -0.1) is 0 Å². The Labute approximate surface area is 186 Å². The van der Waals surface area contributed by atoms with Crippen molar-refractivity contribution in [3.63, 3.8) is 0 Å². The maximum atomic E-state index is 15.0. The maximum Gasteiger partial charge on any atom is 0.412 e. The van der Waals surface area contributed by atoms with Crippen molar-refractivity contribution >= 4 is 35.4 Å². The number of anilines is 1. The summed E-state index contributed by atoms with van der Waals surface area (Å²) in [5, 5.41) is 13.8. The summed E-state index contributed by atoms with van der Waals surface area (Å²) in [6.07, 6.45) is 2.85. The third-order valence-electron chi connectivity index (χ3n) is 5.49. The van der Waals surface area contributed by atoms with E-state index in [0.717, 1.165) is 0 Å². The lowest BCUT2D eigenvalue weighted by Gasteiger charge is -2.45. The van der Waals surface area contributed by atoms with Gasteiger partial charge in [-0.1, -0.05) is 11.6 Å². The largest absolute Gasteiger partial charge is 0.465 e. The summed E-state index contributed by atoms with van der Waals surface area (Å²) >= 11 is 5.97. The number of piperidine rings is 1. The van der Waals surface area contributed by atoms with E-state index >= 15 is 4.39 Å². The number of nitrogens with zero attached hydrogens (tertiary/aromatic N) is 3. The second-order valence-electron chi connectivity index (χ2n) is 7.61. The molecule has 0 bridgehead atoms. The van der Waals surface area contributed by atoms with Crippen molar-refractivity contribution in [1.29, 1.82) is 0 Å². The summed E-state index contributed by atoms with van der Waals surface area (Å²) in [6, 6.07) is 1.68. The lowest BCUT2D eigenvalue weighted by molar-refractivity contribution is -0.141. The SMILES string of the molecule is O=C(O)N[C@@H](Cc1cncnc1)C(=O)N1CCC[C@@]2(C1)OC(=O)Nc1ccc(Cl)c(F)c12. The normalized spacial score (nSPS) is 20.7. The van der Waals surface area contributed by atoms with E-state index in [4.69, 9.17) is 16.3 Å². The predicted molar refractivity (Wildman–Crippen MR) is 110 cm³/mol. The molecule has 168 valence electrons. The minimum atomic E-state index is -1.44. The lowest BCUT2D eigenvalue weighted by atomic mass is 9.82. The van der Waals surface area contributed by atoms with Crippen LogP contribution in [0.15, 0.2) is 30.9 Å². The first-order valence-electron chi connectivity index (χ1n) is 9.80. The van der Waals surface area contributed by atoms with Gasteiger partial charge in [0.15, 0.2) is 11.4 Å². The second-order valence-corrected chi connectivity index (χ2v) is 8.02. The van der Waals surface area contributed by atoms with Crippen molar-refractivity contribution in [3.8, 4) is 0 Å². The van der Waals surface area contributed by atoms with Crippen LogP contribution in [-0.2, 0) is 21.6 Å². The molecule has 1 aromatic carbocycles. The number of carboxylic acid groups (broad SMARTS) is 1. The Morgan fingerprint density at radius 2 is 2.12 bits per heavy atom. The van der Waals surface area contributed by atoms with Gasteiger partial charge in [-0.05, 0) is 30.5 Å². The highest BCUT2D eigenvalue weighted by Gasteiger charge is 2.49. The Hall–Kier alpha value is -3.47. The molecular formula is C20H19ClFN5O5. The van der Waals surface area contributed by atoms with Crippen LogP contribution < -0.4 is 10.6 Å². The zero-order valence-corrected chi connectivity index (χ0v) is 17.4. The number of halogens is 2. The van der Waals surface area contributed by atoms with E-state index in [2.05, 4.69) is 20.6 Å². The summed E-state index contributed by atoms with van der Waals surface area (Å²) in [5.74, 6) is -1.27. The van der Waals surface area contributed by atoms with Crippen LogP contribution in [-0.4, -0.2) is 57.2 Å². The molecule has 3 heterocycles. The Bertz CT molecular complexity index is 1070. The highest BCUT2D eigenvalue weighted by atomic mass is 35.5. The topological polar surface area (TPSA) is 134 Å². The average molecular weight is 464 g/mol. The molecule has 1 aromatic heterocycles.